The monoisotopic (exact) mass is 285 g/mol. The molecule has 5 heteroatoms. The first-order chi connectivity index (χ1) is 9.42. The zero-order valence-corrected chi connectivity index (χ0v) is 13.5. The Bertz CT molecular complexity index is 283. The van der Waals surface area contributed by atoms with Gasteiger partial charge in [-0.1, -0.05) is 6.42 Å². The van der Waals surface area contributed by atoms with E-state index in [1.54, 1.807) is 4.90 Å². The van der Waals surface area contributed by atoms with Gasteiger partial charge in [0.25, 0.3) is 0 Å². The number of carbonyl (C=O) groups excluding carboxylic acids is 1. The summed E-state index contributed by atoms with van der Waals surface area (Å²) in [6.07, 6.45) is 3.63. The van der Waals surface area contributed by atoms with Crippen LogP contribution in [0.4, 0.5) is 4.79 Å². The van der Waals surface area contributed by atoms with E-state index in [9.17, 15) is 4.79 Å². The zero-order valence-electron chi connectivity index (χ0n) is 13.5. The number of hydrogen-bond acceptors (Lipinski definition) is 4. The molecule has 1 atom stereocenters. The van der Waals surface area contributed by atoms with E-state index in [1.165, 1.54) is 19.3 Å². The van der Waals surface area contributed by atoms with Crippen LogP contribution < -0.4 is 10.6 Å². The van der Waals surface area contributed by atoms with Crippen LogP contribution in [-0.2, 0) is 4.74 Å². The summed E-state index contributed by atoms with van der Waals surface area (Å²) >= 11 is 0. The van der Waals surface area contributed by atoms with Crippen molar-refractivity contribution in [1.82, 2.24) is 15.5 Å². The van der Waals surface area contributed by atoms with E-state index < -0.39 is 5.60 Å². The Morgan fingerprint density at radius 1 is 1.40 bits per heavy atom. The van der Waals surface area contributed by atoms with Gasteiger partial charge in [0.15, 0.2) is 0 Å². The Morgan fingerprint density at radius 2 is 2.15 bits per heavy atom. The third kappa shape index (κ3) is 7.10. The summed E-state index contributed by atoms with van der Waals surface area (Å²) < 4.78 is 5.38. The van der Waals surface area contributed by atoms with Gasteiger partial charge in [-0.2, -0.15) is 0 Å². The van der Waals surface area contributed by atoms with Crippen LogP contribution in [0.1, 0.15) is 47.0 Å². The molecule has 1 unspecified atom stereocenters. The summed E-state index contributed by atoms with van der Waals surface area (Å²) in [6, 6.07) is 0.584. The predicted molar refractivity (Wildman–Crippen MR) is 82.0 cm³/mol. The van der Waals surface area contributed by atoms with Crippen LogP contribution in [0.25, 0.3) is 0 Å². The van der Waals surface area contributed by atoms with E-state index in [0.29, 0.717) is 19.1 Å². The molecule has 1 aliphatic rings. The molecule has 0 aromatic carbocycles. The lowest BCUT2D eigenvalue weighted by Crippen LogP contribution is -2.45. The maximum atomic E-state index is 11.9. The number of piperidine rings is 1. The number of nitrogens with one attached hydrogen (secondary N) is 2. The van der Waals surface area contributed by atoms with E-state index in [2.05, 4.69) is 10.6 Å². The van der Waals surface area contributed by atoms with Gasteiger partial charge in [0.05, 0.1) is 0 Å². The molecule has 1 amide bonds. The van der Waals surface area contributed by atoms with Gasteiger partial charge < -0.3 is 20.3 Å². The molecule has 20 heavy (non-hydrogen) atoms. The van der Waals surface area contributed by atoms with Crippen molar-refractivity contribution >= 4 is 6.09 Å². The highest BCUT2D eigenvalue weighted by atomic mass is 16.6. The number of amides is 1. The predicted octanol–water partition coefficient (Wildman–Crippen LogP) is 1.98. The summed E-state index contributed by atoms with van der Waals surface area (Å²) in [5.74, 6) is 0. The average Bonchev–Trinajstić information content (AvgIpc) is 2.38. The molecule has 5 nitrogen and oxygen atoms in total. The first-order valence-electron chi connectivity index (χ1n) is 7.84. The molecule has 0 saturated carbocycles. The first kappa shape index (κ1) is 17.2. The van der Waals surface area contributed by atoms with E-state index in [0.717, 1.165) is 19.6 Å². The molecule has 1 fully saturated rings. The molecule has 1 rings (SSSR count). The molecule has 1 saturated heterocycles. The molecule has 118 valence electrons. The van der Waals surface area contributed by atoms with Crippen molar-refractivity contribution in [2.45, 2.75) is 58.6 Å². The summed E-state index contributed by atoms with van der Waals surface area (Å²) in [5, 5.41) is 6.93. The fraction of sp³-hybridized carbons (Fsp3) is 0.933. The molecule has 1 heterocycles. The minimum atomic E-state index is -0.427. The van der Waals surface area contributed by atoms with E-state index in [1.807, 2.05) is 27.7 Å². The molecule has 0 radical (unpaired) electrons. The third-order valence-corrected chi connectivity index (χ3v) is 3.40. The second-order valence-corrected chi connectivity index (χ2v) is 6.41. The molecule has 0 aromatic rings. The molecule has 0 spiro atoms. The van der Waals surface area contributed by atoms with Gasteiger partial charge in [0.1, 0.15) is 5.60 Å². The Hall–Kier alpha value is -0.810. The highest BCUT2D eigenvalue weighted by Crippen LogP contribution is 2.09. The van der Waals surface area contributed by atoms with Gasteiger partial charge in [0.2, 0.25) is 0 Å². The van der Waals surface area contributed by atoms with Crippen LogP contribution in [0, 0.1) is 0 Å². The quantitative estimate of drug-likeness (QED) is 0.733. The number of carbonyl (C=O) groups is 1. The van der Waals surface area contributed by atoms with Gasteiger partial charge in [-0.15, -0.1) is 0 Å². The largest absolute Gasteiger partial charge is 0.444 e. The fourth-order valence-electron chi connectivity index (χ4n) is 2.29. The van der Waals surface area contributed by atoms with E-state index >= 15 is 0 Å². The second kappa shape index (κ2) is 8.47. The highest BCUT2D eigenvalue weighted by Gasteiger charge is 2.20. The summed E-state index contributed by atoms with van der Waals surface area (Å²) in [7, 11) is 0. The average molecular weight is 285 g/mol. The van der Waals surface area contributed by atoms with Gasteiger partial charge in [-0.05, 0) is 47.1 Å². The van der Waals surface area contributed by atoms with Gasteiger partial charge >= 0.3 is 6.09 Å². The number of nitrogens with zero attached hydrogens (tertiary/aromatic N) is 1. The maximum Gasteiger partial charge on any atom is 0.410 e. The van der Waals surface area contributed by atoms with Crippen molar-refractivity contribution in [3.63, 3.8) is 0 Å². The van der Waals surface area contributed by atoms with Crippen LogP contribution in [0.5, 0.6) is 0 Å². The molecule has 0 aliphatic carbocycles. The van der Waals surface area contributed by atoms with Crippen LogP contribution in [-0.4, -0.2) is 55.4 Å². The molecule has 0 aromatic heterocycles. The number of hydrogen-bond donors (Lipinski definition) is 2. The first-order valence-corrected chi connectivity index (χ1v) is 7.84. The van der Waals surface area contributed by atoms with Crippen molar-refractivity contribution in [3.05, 3.63) is 0 Å². The Labute approximate surface area is 123 Å². The standard InChI is InChI=1S/C15H31N3O2/c1-5-18(14(19)20-15(2,3)4)11-10-16-12-13-8-6-7-9-17-13/h13,16-17H,5-12H2,1-4H3. The molecular formula is C15H31N3O2. The van der Waals surface area contributed by atoms with Gasteiger partial charge in [-0.3, -0.25) is 0 Å². The van der Waals surface area contributed by atoms with E-state index in [4.69, 9.17) is 4.74 Å². The number of ether oxygens (including phenoxy) is 1. The molecule has 0 bridgehead atoms. The van der Waals surface area contributed by atoms with Crippen molar-refractivity contribution in [2.75, 3.05) is 32.7 Å². The minimum Gasteiger partial charge on any atom is -0.444 e. The molecule has 2 N–H and O–H groups in total. The Morgan fingerprint density at radius 3 is 2.70 bits per heavy atom. The Kier molecular flexibility index (Phi) is 7.30. The van der Waals surface area contributed by atoms with Gasteiger partial charge in [0, 0.05) is 32.2 Å². The summed E-state index contributed by atoms with van der Waals surface area (Å²) in [6.45, 7) is 12.0. The van der Waals surface area contributed by atoms with Crippen LogP contribution in [0.15, 0.2) is 0 Å². The van der Waals surface area contributed by atoms with Gasteiger partial charge in [-0.25, -0.2) is 4.79 Å². The van der Waals surface area contributed by atoms with Crippen molar-refractivity contribution < 1.29 is 9.53 Å². The lowest BCUT2D eigenvalue weighted by Gasteiger charge is -2.27. The fourth-order valence-corrected chi connectivity index (χ4v) is 2.29. The van der Waals surface area contributed by atoms with Crippen molar-refractivity contribution in [1.29, 1.82) is 0 Å². The normalized spacial score (nSPS) is 19.7. The van der Waals surface area contributed by atoms with Crippen molar-refractivity contribution in [3.8, 4) is 0 Å². The smallest absolute Gasteiger partial charge is 0.410 e. The minimum absolute atomic E-state index is 0.224. The second-order valence-electron chi connectivity index (χ2n) is 6.41. The van der Waals surface area contributed by atoms with E-state index in [-0.39, 0.29) is 6.09 Å². The highest BCUT2D eigenvalue weighted by molar-refractivity contribution is 5.68. The topological polar surface area (TPSA) is 53.6 Å². The number of rotatable bonds is 6. The summed E-state index contributed by atoms with van der Waals surface area (Å²) in [5.41, 5.74) is -0.427. The Balaban J connectivity index is 2.18. The van der Waals surface area contributed by atoms with Crippen LogP contribution in [0.3, 0.4) is 0 Å². The van der Waals surface area contributed by atoms with Crippen LogP contribution in [0.2, 0.25) is 0 Å². The lowest BCUT2D eigenvalue weighted by atomic mass is 10.1. The number of likely N-dealkylation sites (N-methyl/N-ethyl adjacent to an activating group) is 1. The molecule has 1 aliphatic heterocycles. The maximum absolute atomic E-state index is 11.9. The zero-order chi connectivity index (χ0) is 15.0. The van der Waals surface area contributed by atoms with Crippen LogP contribution >= 0.6 is 0 Å². The molecular weight excluding hydrogens is 254 g/mol. The summed E-state index contributed by atoms with van der Waals surface area (Å²) in [4.78, 5) is 13.7. The third-order valence-electron chi connectivity index (χ3n) is 3.40. The SMILES string of the molecule is CCN(CCNCC1CCCCN1)C(=O)OC(C)(C)C. The lowest BCUT2D eigenvalue weighted by molar-refractivity contribution is 0.0262. The van der Waals surface area contributed by atoms with Crippen molar-refractivity contribution in [2.24, 2.45) is 0 Å².